The molecular formula is C20H21F3IN3O5. The van der Waals surface area contributed by atoms with Gasteiger partial charge in [0.1, 0.15) is 5.82 Å². The molecular weight excluding hydrogens is 546 g/mol. The molecule has 2 amide bonds. The minimum Gasteiger partial charge on any atom is -0.379 e. The summed E-state index contributed by atoms with van der Waals surface area (Å²) in [6.07, 6.45) is 1.28. The topological polar surface area (TPSA) is 109 Å². The van der Waals surface area contributed by atoms with Crippen LogP contribution in [0.25, 0.3) is 0 Å². The average molecular weight is 567 g/mol. The zero-order valence-electron chi connectivity index (χ0n) is 16.7. The third-order valence-corrected chi connectivity index (χ3v) is 4.76. The number of unbranched alkanes of at least 4 members (excludes halogenated alkanes) is 1. The number of anilines is 2. The Bertz CT molecular complexity index is 949. The lowest BCUT2D eigenvalue weighted by Crippen LogP contribution is -2.26. The predicted octanol–water partition coefficient (Wildman–Crippen LogP) is 3.81. The van der Waals surface area contributed by atoms with Gasteiger partial charge in [0.25, 0.3) is 5.91 Å². The van der Waals surface area contributed by atoms with Crippen LogP contribution in [0.5, 0.6) is 0 Å². The molecule has 0 heterocycles. The highest BCUT2D eigenvalue weighted by molar-refractivity contribution is 14.1. The molecule has 0 saturated heterocycles. The van der Waals surface area contributed by atoms with Gasteiger partial charge < -0.3 is 10.1 Å². The van der Waals surface area contributed by atoms with Crippen LogP contribution >= 0.6 is 22.6 Å². The molecule has 0 radical (unpaired) electrons. The SMILES string of the molecule is O=C(CCCCOCCONC(=O)c1ccc(F)c(F)c1Nc1ccc(I)cc1F)NO. The molecule has 0 unspecified atom stereocenters. The van der Waals surface area contributed by atoms with Gasteiger partial charge in [0.2, 0.25) is 5.91 Å². The van der Waals surface area contributed by atoms with E-state index < -0.39 is 35.0 Å². The summed E-state index contributed by atoms with van der Waals surface area (Å²) >= 11 is 1.90. The van der Waals surface area contributed by atoms with E-state index in [1.807, 2.05) is 22.6 Å². The highest BCUT2D eigenvalue weighted by Crippen LogP contribution is 2.28. The Hall–Kier alpha value is -2.42. The Morgan fingerprint density at radius 1 is 1.00 bits per heavy atom. The van der Waals surface area contributed by atoms with Crippen LogP contribution in [-0.2, 0) is 14.4 Å². The van der Waals surface area contributed by atoms with Crippen LogP contribution in [0.3, 0.4) is 0 Å². The van der Waals surface area contributed by atoms with Crippen molar-refractivity contribution in [3.8, 4) is 0 Å². The van der Waals surface area contributed by atoms with Crippen LogP contribution in [0, 0.1) is 21.0 Å². The number of rotatable bonds is 12. The summed E-state index contributed by atoms with van der Waals surface area (Å²) in [6.45, 7) is 0.444. The third-order valence-electron chi connectivity index (χ3n) is 4.09. The Labute approximate surface area is 195 Å². The summed E-state index contributed by atoms with van der Waals surface area (Å²) in [5.74, 6) is -4.59. The summed E-state index contributed by atoms with van der Waals surface area (Å²) in [7, 11) is 0. The first-order chi connectivity index (χ1) is 15.3. The Balaban J connectivity index is 1.86. The van der Waals surface area contributed by atoms with E-state index in [1.54, 1.807) is 6.07 Å². The Kier molecular flexibility index (Phi) is 10.7. The number of hydrogen-bond acceptors (Lipinski definition) is 6. The van der Waals surface area contributed by atoms with E-state index >= 15 is 0 Å². The van der Waals surface area contributed by atoms with Crippen molar-refractivity contribution in [1.29, 1.82) is 0 Å². The van der Waals surface area contributed by atoms with E-state index in [-0.39, 0.29) is 30.9 Å². The molecule has 0 bridgehead atoms. The van der Waals surface area contributed by atoms with E-state index in [4.69, 9.17) is 14.8 Å². The second kappa shape index (κ2) is 13.2. The summed E-state index contributed by atoms with van der Waals surface area (Å²) < 4.78 is 48.0. The first-order valence-electron chi connectivity index (χ1n) is 9.46. The zero-order valence-corrected chi connectivity index (χ0v) is 18.9. The lowest BCUT2D eigenvalue weighted by molar-refractivity contribution is -0.129. The van der Waals surface area contributed by atoms with E-state index in [1.165, 1.54) is 17.6 Å². The summed E-state index contributed by atoms with van der Waals surface area (Å²) in [5, 5.41) is 10.8. The van der Waals surface area contributed by atoms with Gasteiger partial charge in [-0.05, 0) is 65.8 Å². The van der Waals surface area contributed by atoms with E-state index in [2.05, 4.69) is 10.8 Å². The zero-order chi connectivity index (χ0) is 23.5. The number of carbonyl (C=O) groups is 2. The maximum absolute atomic E-state index is 14.3. The fraction of sp³-hybridized carbons (Fsp3) is 0.300. The third kappa shape index (κ3) is 7.93. The normalized spacial score (nSPS) is 10.7. The molecule has 174 valence electrons. The van der Waals surface area contributed by atoms with Crippen molar-refractivity contribution in [2.24, 2.45) is 0 Å². The van der Waals surface area contributed by atoms with Gasteiger partial charge in [-0.15, -0.1) is 0 Å². The number of hydrogen-bond donors (Lipinski definition) is 4. The number of amides is 2. The van der Waals surface area contributed by atoms with Gasteiger partial charge >= 0.3 is 0 Å². The predicted molar refractivity (Wildman–Crippen MR) is 117 cm³/mol. The van der Waals surface area contributed by atoms with E-state index in [9.17, 15) is 22.8 Å². The van der Waals surface area contributed by atoms with Crippen molar-refractivity contribution in [3.63, 3.8) is 0 Å². The second-order valence-electron chi connectivity index (χ2n) is 6.42. The molecule has 2 aromatic carbocycles. The molecule has 0 aliphatic rings. The van der Waals surface area contributed by atoms with Crippen molar-refractivity contribution in [2.45, 2.75) is 19.3 Å². The van der Waals surface area contributed by atoms with Gasteiger partial charge in [-0.2, -0.15) is 0 Å². The van der Waals surface area contributed by atoms with Crippen LogP contribution in [0.1, 0.15) is 29.6 Å². The van der Waals surface area contributed by atoms with Crippen molar-refractivity contribution < 1.29 is 37.5 Å². The minimum atomic E-state index is -1.34. The average Bonchev–Trinajstić information content (AvgIpc) is 2.77. The first-order valence-corrected chi connectivity index (χ1v) is 10.5. The Morgan fingerprint density at radius 2 is 1.78 bits per heavy atom. The van der Waals surface area contributed by atoms with E-state index in [0.717, 1.165) is 12.1 Å². The second-order valence-corrected chi connectivity index (χ2v) is 7.66. The fourth-order valence-electron chi connectivity index (χ4n) is 2.51. The lowest BCUT2D eigenvalue weighted by Gasteiger charge is -2.14. The number of hydroxylamine groups is 2. The standard InChI is InChI=1S/C20H21F3IN3O5/c21-14-6-5-13(19(18(14)23)25-16-7-4-12(24)11-15(16)22)20(29)27-32-10-9-31-8-2-1-3-17(28)26-30/h4-7,11,25,30H,1-3,8-10H2,(H,26,28)(H,27,29). The summed E-state index contributed by atoms with van der Waals surface area (Å²) in [6, 6.07) is 5.92. The van der Waals surface area contributed by atoms with Gasteiger partial charge in [-0.1, -0.05) is 0 Å². The monoisotopic (exact) mass is 567 g/mol. The van der Waals surface area contributed by atoms with Crippen LogP contribution in [-0.4, -0.2) is 36.8 Å². The molecule has 2 rings (SSSR count). The van der Waals surface area contributed by atoms with E-state index in [0.29, 0.717) is 23.0 Å². The van der Waals surface area contributed by atoms with Crippen molar-refractivity contribution in [1.82, 2.24) is 11.0 Å². The largest absolute Gasteiger partial charge is 0.379 e. The van der Waals surface area contributed by atoms with Gasteiger partial charge in [0.15, 0.2) is 11.6 Å². The van der Waals surface area contributed by atoms with Crippen LogP contribution in [0.15, 0.2) is 30.3 Å². The van der Waals surface area contributed by atoms with Gasteiger partial charge in [0, 0.05) is 16.6 Å². The number of ether oxygens (including phenoxy) is 1. The summed E-state index contributed by atoms with van der Waals surface area (Å²) in [5.41, 5.74) is 2.68. The molecule has 12 heteroatoms. The molecule has 0 aromatic heterocycles. The fourth-order valence-corrected chi connectivity index (χ4v) is 2.96. The molecule has 0 spiro atoms. The van der Waals surface area contributed by atoms with Gasteiger partial charge in [-0.3, -0.25) is 19.6 Å². The molecule has 32 heavy (non-hydrogen) atoms. The van der Waals surface area contributed by atoms with Crippen LogP contribution in [0.4, 0.5) is 24.5 Å². The first kappa shape index (κ1) is 25.8. The molecule has 2 aromatic rings. The highest BCUT2D eigenvalue weighted by atomic mass is 127. The molecule has 4 N–H and O–H groups in total. The maximum Gasteiger partial charge on any atom is 0.277 e. The van der Waals surface area contributed by atoms with Crippen LogP contribution in [0.2, 0.25) is 0 Å². The van der Waals surface area contributed by atoms with Gasteiger partial charge in [-0.25, -0.2) is 24.1 Å². The quantitative estimate of drug-likeness (QED) is 0.135. The van der Waals surface area contributed by atoms with Crippen molar-refractivity contribution in [2.75, 3.05) is 25.1 Å². The van der Waals surface area contributed by atoms with Crippen LogP contribution < -0.4 is 16.3 Å². The maximum atomic E-state index is 14.3. The summed E-state index contributed by atoms with van der Waals surface area (Å²) in [4.78, 5) is 28.2. The number of halogens is 4. The molecule has 0 fully saturated rings. The Morgan fingerprint density at radius 3 is 2.50 bits per heavy atom. The number of nitrogens with one attached hydrogen (secondary N) is 3. The molecule has 8 nitrogen and oxygen atoms in total. The number of benzene rings is 2. The van der Waals surface area contributed by atoms with Crippen molar-refractivity contribution in [3.05, 3.63) is 56.9 Å². The van der Waals surface area contributed by atoms with Gasteiger partial charge in [0.05, 0.1) is 30.2 Å². The number of carbonyl (C=O) groups excluding carboxylic acids is 2. The van der Waals surface area contributed by atoms with Crippen molar-refractivity contribution >= 4 is 45.8 Å². The minimum absolute atomic E-state index is 0.0267. The molecule has 0 saturated carbocycles. The highest BCUT2D eigenvalue weighted by Gasteiger charge is 2.20. The molecule has 0 aliphatic heterocycles. The molecule has 0 aliphatic carbocycles. The smallest absolute Gasteiger partial charge is 0.277 e. The molecule has 0 atom stereocenters. The lowest BCUT2D eigenvalue weighted by atomic mass is 10.1.